The normalized spacial score (nSPS) is 14.4. The van der Waals surface area contributed by atoms with Gasteiger partial charge in [-0.05, 0) is 50.5 Å². The number of benzene rings is 1. The van der Waals surface area contributed by atoms with Crippen LogP contribution in [0.5, 0.6) is 0 Å². The van der Waals surface area contributed by atoms with Gasteiger partial charge in [0.15, 0.2) is 0 Å². The van der Waals surface area contributed by atoms with Crippen molar-refractivity contribution in [1.82, 2.24) is 4.98 Å². The highest BCUT2D eigenvalue weighted by Gasteiger charge is 2.21. The molecule has 0 aliphatic heterocycles. The predicted molar refractivity (Wildman–Crippen MR) is 89.5 cm³/mol. The molecule has 0 bridgehead atoms. The molecule has 114 valence electrons. The molecule has 0 aliphatic carbocycles. The van der Waals surface area contributed by atoms with E-state index in [4.69, 9.17) is 5.73 Å². The molecule has 0 aliphatic rings. The van der Waals surface area contributed by atoms with Crippen molar-refractivity contribution in [3.8, 4) is 0 Å². The number of pyridine rings is 1. The zero-order chi connectivity index (χ0) is 15.6. The third-order valence-electron chi connectivity index (χ3n) is 3.47. The van der Waals surface area contributed by atoms with Crippen molar-refractivity contribution in [2.24, 2.45) is 5.92 Å². The standard InChI is InChI=1S/C17H25N3O/c1-11(2)9-17(4,21)10-19-16-7-12(3)20-15-6-5-13(18)8-14(15)16/h5-8,11,21H,9-10,18H2,1-4H3,(H,19,20). The average Bonchev–Trinajstić information content (AvgIpc) is 2.35. The average molecular weight is 287 g/mol. The lowest BCUT2D eigenvalue weighted by Gasteiger charge is -2.26. The van der Waals surface area contributed by atoms with Gasteiger partial charge in [0.2, 0.25) is 0 Å². The van der Waals surface area contributed by atoms with Crippen LogP contribution in [-0.4, -0.2) is 22.2 Å². The number of aliphatic hydroxyl groups is 1. The second-order valence-corrected chi connectivity index (χ2v) is 6.54. The fraction of sp³-hybridized carbons (Fsp3) is 0.471. The lowest BCUT2D eigenvalue weighted by molar-refractivity contribution is 0.0516. The van der Waals surface area contributed by atoms with E-state index in [0.29, 0.717) is 18.2 Å². The molecular formula is C17H25N3O. The Kier molecular flexibility index (Phi) is 4.37. The van der Waals surface area contributed by atoms with Crippen molar-refractivity contribution in [3.05, 3.63) is 30.0 Å². The van der Waals surface area contributed by atoms with Crippen molar-refractivity contribution in [1.29, 1.82) is 0 Å². The van der Waals surface area contributed by atoms with E-state index in [1.54, 1.807) is 0 Å². The number of aryl methyl sites for hydroxylation is 1. The maximum absolute atomic E-state index is 10.4. The highest BCUT2D eigenvalue weighted by Crippen LogP contribution is 2.26. The van der Waals surface area contributed by atoms with Crippen LogP contribution in [0.15, 0.2) is 24.3 Å². The van der Waals surface area contributed by atoms with E-state index in [1.807, 2.05) is 38.1 Å². The number of rotatable bonds is 5. The summed E-state index contributed by atoms with van der Waals surface area (Å²) in [4.78, 5) is 4.51. The van der Waals surface area contributed by atoms with Gasteiger partial charge in [0.1, 0.15) is 0 Å². The molecule has 4 N–H and O–H groups in total. The van der Waals surface area contributed by atoms with E-state index in [9.17, 15) is 5.11 Å². The summed E-state index contributed by atoms with van der Waals surface area (Å²) in [5.74, 6) is 0.452. The molecule has 2 aromatic rings. The molecule has 4 nitrogen and oxygen atoms in total. The molecule has 1 heterocycles. The topological polar surface area (TPSA) is 71.2 Å². The zero-order valence-corrected chi connectivity index (χ0v) is 13.3. The molecule has 1 aromatic carbocycles. The van der Waals surface area contributed by atoms with Crippen LogP contribution in [0.4, 0.5) is 11.4 Å². The van der Waals surface area contributed by atoms with Gasteiger partial charge < -0.3 is 16.2 Å². The van der Waals surface area contributed by atoms with Crippen molar-refractivity contribution in [3.63, 3.8) is 0 Å². The second-order valence-electron chi connectivity index (χ2n) is 6.54. The number of nitrogens with two attached hydrogens (primary N) is 1. The third kappa shape index (κ3) is 4.08. The number of anilines is 2. The number of hydrogen-bond acceptors (Lipinski definition) is 4. The minimum absolute atomic E-state index is 0.452. The first-order valence-electron chi connectivity index (χ1n) is 7.40. The zero-order valence-electron chi connectivity index (χ0n) is 13.3. The summed E-state index contributed by atoms with van der Waals surface area (Å²) >= 11 is 0. The number of hydrogen-bond donors (Lipinski definition) is 3. The summed E-state index contributed by atoms with van der Waals surface area (Å²) in [5, 5.41) is 14.8. The van der Waals surface area contributed by atoms with Gasteiger partial charge in [-0.15, -0.1) is 0 Å². The lowest BCUT2D eigenvalue weighted by atomic mass is 9.94. The van der Waals surface area contributed by atoms with E-state index in [2.05, 4.69) is 24.1 Å². The van der Waals surface area contributed by atoms with E-state index in [1.165, 1.54) is 0 Å². The van der Waals surface area contributed by atoms with Crippen molar-refractivity contribution < 1.29 is 5.11 Å². The molecule has 0 amide bonds. The molecule has 0 fully saturated rings. The van der Waals surface area contributed by atoms with Gasteiger partial charge in [0, 0.05) is 29.0 Å². The molecule has 1 aromatic heterocycles. The van der Waals surface area contributed by atoms with Gasteiger partial charge in [0.05, 0.1) is 11.1 Å². The monoisotopic (exact) mass is 287 g/mol. The van der Waals surface area contributed by atoms with E-state index >= 15 is 0 Å². The Morgan fingerprint density at radius 2 is 2.05 bits per heavy atom. The molecule has 1 unspecified atom stereocenters. The molecule has 0 saturated heterocycles. The molecule has 0 saturated carbocycles. The molecule has 1 atom stereocenters. The first-order valence-corrected chi connectivity index (χ1v) is 7.40. The minimum Gasteiger partial charge on any atom is -0.399 e. The number of aromatic nitrogens is 1. The quantitative estimate of drug-likeness (QED) is 0.738. The Morgan fingerprint density at radius 3 is 2.71 bits per heavy atom. The third-order valence-corrected chi connectivity index (χ3v) is 3.47. The predicted octanol–water partition coefficient (Wildman–Crippen LogP) is 3.33. The van der Waals surface area contributed by atoms with Crippen LogP contribution in [0.1, 0.15) is 32.9 Å². The van der Waals surface area contributed by atoms with E-state index in [0.717, 1.165) is 28.7 Å². The van der Waals surface area contributed by atoms with Crippen LogP contribution in [0.25, 0.3) is 10.9 Å². The smallest absolute Gasteiger partial charge is 0.0793 e. The first-order chi connectivity index (χ1) is 9.77. The van der Waals surface area contributed by atoms with Gasteiger partial charge >= 0.3 is 0 Å². The summed E-state index contributed by atoms with van der Waals surface area (Å²) in [5.41, 5.74) is 8.67. The summed E-state index contributed by atoms with van der Waals surface area (Å²) in [6.45, 7) is 8.55. The maximum Gasteiger partial charge on any atom is 0.0793 e. The van der Waals surface area contributed by atoms with Crippen LogP contribution in [0.3, 0.4) is 0 Å². The Morgan fingerprint density at radius 1 is 1.33 bits per heavy atom. The highest BCUT2D eigenvalue weighted by molar-refractivity contribution is 5.93. The number of nitrogens with one attached hydrogen (secondary N) is 1. The number of nitrogen functional groups attached to an aromatic ring is 1. The van der Waals surface area contributed by atoms with Gasteiger partial charge in [-0.25, -0.2) is 0 Å². The largest absolute Gasteiger partial charge is 0.399 e. The fourth-order valence-electron chi connectivity index (χ4n) is 2.76. The molecule has 2 rings (SSSR count). The SMILES string of the molecule is Cc1cc(NCC(C)(O)CC(C)C)c2cc(N)ccc2n1. The molecule has 0 spiro atoms. The molecule has 21 heavy (non-hydrogen) atoms. The van der Waals surface area contributed by atoms with E-state index in [-0.39, 0.29) is 0 Å². The van der Waals surface area contributed by atoms with Gasteiger partial charge in [-0.2, -0.15) is 0 Å². The van der Waals surface area contributed by atoms with Crippen LogP contribution in [0.2, 0.25) is 0 Å². The Labute approximate surface area is 126 Å². The highest BCUT2D eigenvalue weighted by atomic mass is 16.3. The van der Waals surface area contributed by atoms with Crippen LogP contribution < -0.4 is 11.1 Å². The van der Waals surface area contributed by atoms with Gasteiger partial charge in [0.25, 0.3) is 0 Å². The number of fused-ring (bicyclic) bond motifs is 1. The number of nitrogens with zero attached hydrogens (tertiary/aromatic N) is 1. The summed E-state index contributed by atoms with van der Waals surface area (Å²) in [6.07, 6.45) is 0.754. The van der Waals surface area contributed by atoms with Crippen LogP contribution in [0, 0.1) is 12.8 Å². The second kappa shape index (κ2) is 5.90. The van der Waals surface area contributed by atoms with Crippen LogP contribution in [-0.2, 0) is 0 Å². The molecular weight excluding hydrogens is 262 g/mol. The Hall–Kier alpha value is -1.81. The molecule has 4 heteroatoms. The Bertz CT molecular complexity index is 635. The van der Waals surface area contributed by atoms with Gasteiger partial charge in [-0.3, -0.25) is 4.98 Å². The summed E-state index contributed by atoms with van der Waals surface area (Å²) < 4.78 is 0. The van der Waals surface area contributed by atoms with E-state index < -0.39 is 5.60 Å². The van der Waals surface area contributed by atoms with Gasteiger partial charge in [-0.1, -0.05) is 13.8 Å². The lowest BCUT2D eigenvalue weighted by Crippen LogP contribution is -2.34. The summed E-state index contributed by atoms with van der Waals surface area (Å²) in [7, 11) is 0. The maximum atomic E-state index is 10.4. The van der Waals surface area contributed by atoms with Crippen molar-refractivity contribution in [2.75, 3.05) is 17.6 Å². The van der Waals surface area contributed by atoms with Crippen molar-refractivity contribution in [2.45, 2.75) is 39.7 Å². The fourth-order valence-corrected chi connectivity index (χ4v) is 2.76. The molecule has 0 radical (unpaired) electrons. The first kappa shape index (κ1) is 15.6. The van der Waals surface area contributed by atoms with Crippen molar-refractivity contribution >= 4 is 22.3 Å². The minimum atomic E-state index is -0.738. The van der Waals surface area contributed by atoms with Crippen LogP contribution >= 0.6 is 0 Å². The Balaban J connectivity index is 2.27. The summed E-state index contributed by atoms with van der Waals surface area (Å²) in [6, 6.07) is 7.69.